The minimum Gasteiger partial charge on any atom is -0.280 e. The first kappa shape index (κ1) is 14.8. The lowest BCUT2D eigenvalue weighted by molar-refractivity contribution is 0.598. The Morgan fingerprint density at radius 2 is 2.10 bits per heavy atom. The average molecular weight is 315 g/mol. The molecule has 0 atom stereocenters. The third-order valence-electron chi connectivity index (χ3n) is 2.57. The number of sulfonamides is 1. The molecule has 6 nitrogen and oxygen atoms in total. The summed E-state index contributed by atoms with van der Waals surface area (Å²) in [5.74, 6) is 0.937. The van der Waals surface area contributed by atoms with Crippen molar-refractivity contribution in [3.8, 4) is 5.82 Å². The molecule has 20 heavy (non-hydrogen) atoms. The monoisotopic (exact) mass is 314 g/mol. The molecule has 0 spiro atoms. The smallest absolute Gasteiger partial charge is 0.232 e. The van der Waals surface area contributed by atoms with Gasteiger partial charge in [0.2, 0.25) is 10.0 Å². The molecule has 2 aromatic rings. The Kier molecular flexibility index (Phi) is 4.97. The van der Waals surface area contributed by atoms with Crippen molar-refractivity contribution in [3.05, 3.63) is 36.8 Å². The second-order valence-electron chi connectivity index (χ2n) is 4.14. The van der Waals surface area contributed by atoms with Gasteiger partial charge in [0.15, 0.2) is 5.82 Å². The number of nitrogens with zero attached hydrogens (tertiary/aromatic N) is 3. The van der Waals surface area contributed by atoms with Crippen LogP contribution >= 0.6 is 11.6 Å². The maximum absolute atomic E-state index is 12.0. The number of pyridine rings is 1. The molecule has 0 aromatic carbocycles. The van der Waals surface area contributed by atoms with Gasteiger partial charge < -0.3 is 0 Å². The van der Waals surface area contributed by atoms with E-state index < -0.39 is 10.0 Å². The fourth-order valence-electron chi connectivity index (χ4n) is 1.66. The maximum atomic E-state index is 12.0. The van der Waals surface area contributed by atoms with E-state index in [1.807, 2.05) is 0 Å². The van der Waals surface area contributed by atoms with E-state index in [1.54, 1.807) is 36.8 Å². The highest BCUT2D eigenvalue weighted by molar-refractivity contribution is 7.92. The molecule has 0 amide bonds. The largest absolute Gasteiger partial charge is 0.280 e. The van der Waals surface area contributed by atoms with Gasteiger partial charge in [-0.2, -0.15) is 5.10 Å². The Hall–Kier alpha value is -1.60. The molecule has 0 radical (unpaired) electrons. The number of anilines is 1. The van der Waals surface area contributed by atoms with Crippen molar-refractivity contribution in [2.45, 2.75) is 12.8 Å². The Morgan fingerprint density at radius 1 is 1.25 bits per heavy atom. The minimum absolute atomic E-state index is 0.0349. The van der Waals surface area contributed by atoms with Gasteiger partial charge >= 0.3 is 0 Å². The topological polar surface area (TPSA) is 76.9 Å². The van der Waals surface area contributed by atoms with Crippen LogP contribution in [0, 0.1) is 0 Å². The highest BCUT2D eigenvalue weighted by Gasteiger charge is 2.14. The molecular formula is C12H15ClN4O2S. The molecule has 0 aliphatic carbocycles. The maximum Gasteiger partial charge on any atom is 0.232 e. The summed E-state index contributed by atoms with van der Waals surface area (Å²) in [7, 11) is -3.41. The third-order valence-corrected chi connectivity index (χ3v) is 4.19. The molecule has 0 aliphatic rings. The molecule has 0 bridgehead atoms. The van der Waals surface area contributed by atoms with Gasteiger partial charge in [-0.15, -0.1) is 11.6 Å². The van der Waals surface area contributed by atoms with E-state index in [4.69, 9.17) is 11.6 Å². The molecule has 0 saturated carbocycles. The zero-order chi connectivity index (χ0) is 14.4. The number of alkyl halides is 1. The molecule has 2 rings (SSSR count). The molecule has 8 heteroatoms. The lowest BCUT2D eigenvalue weighted by atomic mass is 10.4. The third kappa shape index (κ3) is 3.94. The molecule has 1 N–H and O–H groups in total. The van der Waals surface area contributed by atoms with Crippen LogP contribution in [0.2, 0.25) is 0 Å². The van der Waals surface area contributed by atoms with Gasteiger partial charge in [0.25, 0.3) is 0 Å². The Bertz CT molecular complexity index is 643. The van der Waals surface area contributed by atoms with Crippen molar-refractivity contribution in [2.24, 2.45) is 0 Å². The number of halogens is 1. The molecular weight excluding hydrogens is 300 g/mol. The number of hydrogen-bond acceptors (Lipinski definition) is 4. The van der Waals surface area contributed by atoms with E-state index in [9.17, 15) is 8.42 Å². The van der Waals surface area contributed by atoms with Crippen LogP contribution in [0.4, 0.5) is 5.69 Å². The fraction of sp³-hybridized carbons (Fsp3) is 0.333. The van der Waals surface area contributed by atoms with Crippen molar-refractivity contribution in [2.75, 3.05) is 16.4 Å². The predicted molar refractivity (Wildman–Crippen MR) is 78.7 cm³/mol. The van der Waals surface area contributed by atoms with E-state index in [2.05, 4.69) is 14.8 Å². The first-order valence-electron chi connectivity index (χ1n) is 6.14. The van der Waals surface area contributed by atoms with Crippen molar-refractivity contribution in [1.29, 1.82) is 0 Å². The van der Waals surface area contributed by atoms with Gasteiger partial charge in [0, 0.05) is 24.5 Å². The van der Waals surface area contributed by atoms with E-state index in [0.29, 0.717) is 30.2 Å². The summed E-state index contributed by atoms with van der Waals surface area (Å²) in [5.41, 5.74) is 0.405. The number of hydrogen-bond donors (Lipinski definition) is 1. The lowest BCUT2D eigenvalue weighted by Crippen LogP contribution is -2.18. The minimum atomic E-state index is -3.41. The Balaban J connectivity index is 2.18. The standard InChI is InChI=1S/C12H15ClN4O2S/c13-6-1-2-10-20(18,19)16-11-5-3-7-14-12(11)17-9-4-8-15-17/h3-5,7-9,16H,1-2,6,10H2. The van der Waals surface area contributed by atoms with E-state index in [1.165, 1.54) is 4.68 Å². The van der Waals surface area contributed by atoms with E-state index in [-0.39, 0.29) is 5.75 Å². The van der Waals surface area contributed by atoms with Gasteiger partial charge in [-0.25, -0.2) is 18.1 Å². The second-order valence-corrected chi connectivity index (χ2v) is 6.36. The van der Waals surface area contributed by atoms with Crippen LogP contribution < -0.4 is 4.72 Å². The summed E-state index contributed by atoms with van der Waals surface area (Å²) < 4.78 is 28.0. The molecule has 0 aliphatic heterocycles. The van der Waals surface area contributed by atoms with Crippen LogP contribution in [0.1, 0.15) is 12.8 Å². The zero-order valence-electron chi connectivity index (χ0n) is 10.7. The first-order chi connectivity index (χ1) is 9.62. The van der Waals surface area contributed by atoms with Gasteiger partial charge in [-0.3, -0.25) is 4.72 Å². The molecule has 2 heterocycles. The SMILES string of the molecule is O=S(=O)(CCCCCl)Nc1cccnc1-n1cccn1. The van der Waals surface area contributed by atoms with E-state index >= 15 is 0 Å². The number of rotatable bonds is 7. The van der Waals surface area contributed by atoms with Crippen molar-refractivity contribution in [1.82, 2.24) is 14.8 Å². The van der Waals surface area contributed by atoms with Crippen molar-refractivity contribution in [3.63, 3.8) is 0 Å². The van der Waals surface area contributed by atoms with Crippen LogP contribution in [0.3, 0.4) is 0 Å². The van der Waals surface area contributed by atoms with Crippen LogP contribution in [-0.2, 0) is 10.0 Å². The van der Waals surface area contributed by atoms with Gasteiger partial charge in [0.05, 0.1) is 11.4 Å². The Morgan fingerprint density at radius 3 is 2.80 bits per heavy atom. The van der Waals surface area contributed by atoms with E-state index in [0.717, 1.165) is 0 Å². The highest BCUT2D eigenvalue weighted by atomic mass is 35.5. The zero-order valence-corrected chi connectivity index (χ0v) is 12.3. The predicted octanol–water partition coefficient (Wildman–Crippen LogP) is 2.03. The summed E-state index contributed by atoms with van der Waals surface area (Å²) >= 11 is 5.55. The summed E-state index contributed by atoms with van der Waals surface area (Å²) in [5, 5.41) is 4.05. The second kappa shape index (κ2) is 6.71. The molecule has 2 aromatic heterocycles. The fourth-order valence-corrected chi connectivity index (χ4v) is 3.03. The summed E-state index contributed by atoms with van der Waals surface area (Å²) in [6, 6.07) is 5.07. The number of aromatic nitrogens is 3. The van der Waals surface area contributed by atoms with Crippen molar-refractivity contribution < 1.29 is 8.42 Å². The Labute approximate surface area is 122 Å². The van der Waals surface area contributed by atoms with Gasteiger partial charge in [-0.1, -0.05) is 0 Å². The summed E-state index contributed by atoms with van der Waals surface area (Å²) in [6.07, 6.45) is 6.08. The van der Waals surface area contributed by atoms with Gasteiger partial charge in [-0.05, 0) is 31.0 Å². The first-order valence-corrected chi connectivity index (χ1v) is 8.32. The van der Waals surface area contributed by atoms with Gasteiger partial charge in [0.1, 0.15) is 0 Å². The average Bonchev–Trinajstić information content (AvgIpc) is 2.93. The molecule has 0 saturated heterocycles. The molecule has 0 fully saturated rings. The van der Waals surface area contributed by atoms with Crippen LogP contribution in [0.15, 0.2) is 36.8 Å². The summed E-state index contributed by atoms with van der Waals surface area (Å²) in [6.45, 7) is 0. The normalized spacial score (nSPS) is 11.4. The molecule has 0 unspecified atom stereocenters. The lowest BCUT2D eigenvalue weighted by Gasteiger charge is -2.11. The van der Waals surface area contributed by atoms with Crippen LogP contribution in [-0.4, -0.2) is 34.8 Å². The number of unbranched alkanes of at least 4 members (excludes halogenated alkanes) is 1. The molecule has 108 valence electrons. The summed E-state index contributed by atoms with van der Waals surface area (Å²) in [4.78, 5) is 4.15. The number of nitrogens with one attached hydrogen (secondary N) is 1. The quantitative estimate of drug-likeness (QED) is 0.626. The van der Waals surface area contributed by atoms with Crippen LogP contribution in [0.25, 0.3) is 5.82 Å². The van der Waals surface area contributed by atoms with Crippen molar-refractivity contribution >= 4 is 27.3 Å². The van der Waals surface area contributed by atoms with Crippen LogP contribution in [0.5, 0.6) is 0 Å². The highest BCUT2D eigenvalue weighted by Crippen LogP contribution is 2.18.